The van der Waals surface area contributed by atoms with Gasteiger partial charge in [0, 0.05) is 12.2 Å². The summed E-state index contributed by atoms with van der Waals surface area (Å²) in [6, 6.07) is 12.0. The van der Waals surface area contributed by atoms with Crippen LogP contribution in [0.15, 0.2) is 42.5 Å². The fraction of sp³-hybridized carbons (Fsp3) is 0.235. The lowest BCUT2D eigenvalue weighted by atomic mass is 10.00. The predicted octanol–water partition coefficient (Wildman–Crippen LogP) is 3.93. The fourth-order valence-corrected chi connectivity index (χ4v) is 2.05. The van der Waals surface area contributed by atoms with E-state index in [0.29, 0.717) is 6.54 Å². The second kappa shape index (κ2) is 6.39. The van der Waals surface area contributed by atoms with E-state index in [9.17, 15) is 9.18 Å². The molecule has 0 aliphatic heterocycles. The quantitative estimate of drug-likeness (QED) is 0.876. The molecule has 0 spiro atoms. The molecular formula is C17H18FNO2. The number of carbonyl (C=O) groups is 1. The molecule has 4 heteroatoms. The first-order valence-electron chi connectivity index (χ1n) is 6.79. The average Bonchev–Trinajstić information content (AvgIpc) is 2.48. The summed E-state index contributed by atoms with van der Waals surface area (Å²) >= 11 is 0. The molecule has 2 aromatic carbocycles. The average molecular weight is 287 g/mol. The van der Waals surface area contributed by atoms with Crippen molar-refractivity contribution in [1.29, 1.82) is 0 Å². The zero-order valence-corrected chi connectivity index (χ0v) is 12.1. The van der Waals surface area contributed by atoms with Gasteiger partial charge in [-0.2, -0.15) is 0 Å². The summed E-state index contributed by atoms with van der Waals surface area (Å²) in [5.41, 5.74) is 3.53. The van der Waals surface area contributed by atoms with Gasteiger partial charge in [-0.05, 0) is 42.7 Å². The summed E-state index contributed by atoms with van der Waals surface area (Å²) in [6.07, 6.45) is 0. The van der Waals surface area contributed by atoms with Crippen molar-refractivity contribution >= 4 is 11.7 Å². The van der Waals surface area contributed by atoms with Crippen LogP contribution in [0.2, 0.25) is 0 Å². The first-order valence-corrected chi connectivity index (χ1v) is 6.79. The van der Waals surface area contributed by atoms with Crippen molar-refractivity contribution in [3.8, 4) is 0 Å². The molecule has 2 N–H and O–H groups in total. The van der Waals surface area contributed by atoms with E-state index in [2.05, 4.69) is 5.32 Å². The number of carboxylic acids is 1. The molecule has 0 aliphatic rings. The smallest absolute Gasteiger partial charge is 0.310 e. The maximum absolute atomic E-state index is 13.2. The van der Waals surface area contributed by atoms with Crippen molar-refractivity contribution in [2.75, 3.05) is 5.32 Å². The van der Waals surface area contributed by atoms with E-state index in [1.54, 1.807) is 13.0 Å². The molecular weight excluding hydrogens is 269 g/mol. The van der Waals surface area contributed by atoms with Gasteiger partial charge in [0.1, 0.15) is 5.82 Å². The van der Waals surface area contributed by atoms with Crippen LogP contribution in [0, 0.1) is 12.7 Å². The first-order chi connectivity index (χ1) is 9.97. The van der Waals surface area contributed by atoms with Gasteiger partial charge in [-0.15, -0.1) is 0 Å². The zero-order valence-electron chi connectivity index (χ0n) is 12.1. The molecule has 0 heterocycles. The van der Waals surface area contributed by atoms with E-state index in [4.69, 9.17) is 5.11 Å². The number of nitrogens with one attached hydrogen (secondary N) is 1. The zero-order chi connectivity index (χ0) is 15.4. The van der Waals surface area contributed by atoms with E-state index < -0.39 is 11.9 Å². The van der Waals surface area contributed by atoms with Crippen molar-refractivity contribution in [1.82, 2.24) is 0 Å². The molecule has 2 aromatic rings. The van der Waals surface area contributed by atoms with Gasteiger partial charge >= 0.3 is 5.97 Å². The number of anilines is 1. The number of rotatable bonds is 5. The van der Waals surface area contributed by atoms with E-state index in [1.165, 1.54) is 12.1 Å². The van der Waals surface area contributed by atoms with Gasteiger partial charge in [0.15, 0.2) is 0 Å². The third-order valence-electron chi connectivity index (χ3n) is 3.53. The van der Waals surface area contributed by atoms with Crippen molar-refractivity contribution < 1.29 is 14.3 Å². The Hall–Kier alpha value is -2.36. The highest BCUT2D eigenvalue weighted by molar-refractivity contribution is 5.75. The van der Waals surface area contributed by atoms with E-state index in [1.807, 2.05) is 31.2 Å². The Bertz CT molecular complexity index is 638. The van der Waals surface area contributed by atoms with Crippen molar-refractivity contribution in [2.24, 2.45) is 0 Å². The molecule has 21 heavy (non-hydrogen) atoms. The highest BCUT2D eigenvalue weighted by Gasteiger charge is 2.12. The molecule has 0 aliphatic carbocycles. The number of aryl methyl sites for hydroxylation is 1. The maximum Gasteiger partial charge on any atom is 0.310 e. The third kappa shape index (κ3) is 3.81. The number of aliphatic carboxylic acids is 1. The van der Waals surface area contributed by atoms with Gasteiger partial charge < -0.3 is 10.4 Å². The van der Waals surface area contributed by atoms with E-state index >= 15 is 0 Å². The molecule has 0 bridgehead atoms. The van der Waals surface area contributed by atoms with Crippen LogP contribution in [-0.2, 0) is 11.3 Å². The lowest BCUT2D eigenvalue weighted by Crippen LogP contribution is -2.07. The second-order valence-electron chi connectivity index (χ2n) is 5.11. The lowest BCUT2D eigenvalue weighted by molar-refractivity contribution is -0.138. The third-order valence-corrected chi connectivity index (χ3v) is 3.53. The molecule has 1 atom stereocenters. The summed E-state index contributed by atoms with van der Waals surface area (Å²) in [6.45, 7) is 4.14. The Kier molecular flexibility index (Phi) is 4.58. The largest absolute Gasteiger partial charge is 0.481 e. The SMILES string of the molecule is Cc1ccc(F)cc1NCc1ccc(C(C)C(=O)O)cc1. The number of benzene rings is 2. The minimum atomic E-state index is -0.837. The Labute approximate surface area is 123 Å². The summed E-state index contributed by atoms with van der Waals surface area (Å²) in [7, 11) is 0. The number of hydrogen-bond donors (Lipinski definition) is 2. The van der Waals surface area contributed by atoms with Gasteiger partial charge in [-0.1, -0.05) is 30.3 Å². The number of halogens is 1. The van der Waals surface area contributed by atoms with E-state index in [0.717, 1.165) is 22.4 Å². The summed E-state index contributed by atoms with van der Waals surface area (Å²) in [5.74, 6) is -1.62. The van der Waals surface area contributed by atoms with Crippen LogP contribution < -0.4 is 5.32 Å². The molecule has 0 aromatic heterocycles. The summed E-state index contributed by atoms with van der Waals surface area (Å²) in [4.78, 5) is 10.9. The van der Waals surface area contributed by atoms with Crippen LogP contribution in [0.5, 0.6) is 0 Å². The van der Waals surface area contributed by atoms with Gasteiger partial charge in [-0.3, -0.25) is 4.79 Å². The van der Waals surface area contributed by atoms with Crippen LogP contribution >= 0.6 is 0 Å². The fourth-order valence-electron chi connectivity index (χ4n) is 2.05. The minimum Gasteiger partial charge on any atom is -0.481 e. The molecule has 0 fully saturated rings. The Morgan fingerprint density at radius 3 is 2.52 bits per heavy atom. The van der Waals surface area contributed by atoms with Crippen LogP contribution in [0.4, 0.5) is 10.1 Å². The second-order valence-corrected chi connectivity index (χ2v) is 5.11. The van der Waals surface area contributed by atoms with Crippen LogP contribution in [0.25, 0.3) is 0 Å². The standard InChI is InChI=1S/C17H18FNO2/c1-11-3-8-15(18)9-16(11)19-10-13-4-6-14(7-5-13)12(2)17(20)21/h3-9,12,19H,10H2,1-2H3,(H,20,21). The van der Waals surface area contributed by atoms with Crippen LogP contribution in [0.3, 0.4) is 0 Å². The molecule has 3 nitrogen and oxygen atoms in total. The van der Waals surface area contributed by atoms with E-state index in [-0.39, 0.29) is 5.82 Å². The van der Waals surface area contributed by atoms with Crippen LogP contribution in [-0.4, -0.2) is 11.1 Å². The maximum atomic E-state index is 13.2. The van der Waals surface area contributed by atoms with Crippen molar-refractivity contribution in [3.05, 3.63) is 65.0 Å². The summed E-state index contributed by atoms with van der Waals surface area (Å²) < 4.78 is 13.2. The number of carboxylic acid groups (broad SMARTS) is 1. The highest BCUT2D eigenvalue weighted by atomic mass is 19.1. The van der Waals surface area contributed by atoms with Gasteiger partial charge in [0.2, 0.25) is 0 Å². The first kappa shape index (κ1) is 15.0. The highest BCUT2D eigenvalue weighted by Crippen LogP contribution is 2.19. The minimum absolute atomic E-state index is 0.270. The predicted molar refractivity (Wildman–Crippen MR) is 81.0 cm³/mol. The Balaban J connectivity index is 2.04. The molecule has 0 amide bonds. The Morgan fingerprint density at radius 2 is 1.90 bits per heavy atom. The van der Waals surface area contributed by atoms with Crippen LogP contribution in [0.1, 0.15) is 29.5 Å². The normalized spacial score (nSPS) is 12.0. The molecule has 0 radical (unpaired) electrons. The van der Waals surface area contributed by atoms with Gasteiger partial charge in [0.25, 0.3) is 0 Å². The molecule has 2 rings (SSSR count). The lowest BCUT2D eigenvalue weighted by Gasteiger charge is -2.11. The molecule has 1 unspecified atom stereocenters. The van der Waals surface area contributed by atoms with Crippen molar-refractivity contribution in [3.63, 3.8) is 0 Å². The van der Waals surface area contributed by atoms with Gasteiger partial charge in [0.05, 0.1) is 5.92 Å². The number of hydrogen-bond acceptors (Lipinski definition) is 2. The molecule has 110 valence electrons. The summed E-state index contributed by atoms with van der Waals surface area (Å²) in [5, 5.41) is 12.2. The molecule has 0 saturated heterocycles. The monoisotopic (exact) mass is 287 g/mol. The van der Waals surface area contributed by atoms with Gasteiger partial charge in [-0.25, -0.2) is 4.39 Å². The topological polar surface area (TPSA) is 49.3 Å². The molecule has 0 saturated carbocycles. The van der Waals surface area contributed by atoms with Crippen molar-refractivity contribution in [2.45, 2.75) is 26.3 Å². The Morgan fingerprint density at radius 1 is 1.24 bits per heavy atom.